The second-order valence-corrected chi connectivity index (χ2v) is 5.47. The van der Waals surface area contributed by atoms with Gasteiger partial charge in [0.1, 0.15) is 11.3 Å². The van der Waals surface area contributed by atoms with Gasteiger partial charge in [-0.25, -0.2) is 4.79 Å². The lowest BCUT2D eigenvalue weighted by molar-refractivity contribution is 0.468. The van der Waals surface area contributed by atoms with Gasteiger partial charge in [0.2, 0.25) is 0 Å². The number of rotatable bonds is 3. The van der Waals surface area contributed by atoms with E-state index in [2.05, 4.69) is 5.32 Å². The van der Waals surface area contributed by atoms with Crippen molar-refractivity contribution < 1.29 is 9.52 Å². The van der Waals surface area contributed by atoms with Crippen LogP contribution in [0.15, 0.2) is 51.7 Å². The Hall–Kier alpha value is -2.46. The fourth-order valence-electron chi connectivity index (χ4n) is 2.33. The molecule has 3 aromatic rings. The van der Waals surface area contributed by atoms with Crippen LogP contribution in [0.5, 0.6) is 5.75 Å². The van der Waals surface area contributed by atoms with Crippen LogP contribution in [0.4, 0.5) is 5.69 Å². The van der Waals surface area contributed by atoms with Crippen LogP contribution in [0.1, 0.15) is 11.1 Å². The van der Waals surface area contributed by atoms with Crippen molar-refractivity contribution in [1.82, 2.24) is 0 Å². The molecule has 4 nitrogen and oxygen atoms in total. The molecule has 2 N–H and O–H groups in total. The van der Waals surface area contributed by atoms with Crippen molar-refractivity contribution in [1.29, 1.82) is 0 Å². The number of aromatic hydroxyl groups is 1. The molecule has 0 aliphatic heterocycles. The average Bonchev–Trinajstić information content (AvgIpc) is 2.50. The quantitative estimate of drug-likeness (QED) is 0.715. The maximum Gasteiger partial charge on any atom is 0.336 e. The lowest BCUT2D eigenvalue weighted by Gasteiger charge is -2.10. The molecular weight excluding hydrogens is 302 g/mol. The van der Waals surface area contributed by atoms with Crippen molar-refractivity contribution in [2.24, 2.45) is 0 Å². The minimum absolute atomic E-state index is 0.110. The maximum atomic E-state index is 11.7. The zero-order valence-electron chi connectivity index (χ0n) is 11.9. The molecule has 0 aliphatic carbocycles. The first-order valence-electron chi connectivity index (χ1n) is 6.79. The van der Waals surface area contributed by atoms with E-state index in [1.54, 1.807) is 31.2 Å². The van der Waals surface area contributed by atoms with Gasteiger partial charge in [-0.1, -0.05) is 11.6 Å². The molecule has 22 heavy (non-hydrogen) atoms. The molecule has 0 atom stereocenters. The number of nitrogens with one attached hydrogen (secondary N) is 1. The predicted molar refractivity (Wildman–Crippen MR) is 87.7 cm³/mol. The standard InChI is InChI=1S/C17H14ClNO3/c1-10-15(20)7-6-14-11(8-16(21)22-17(10)14)9-19-13-4-2-12(18)3-5-13/h2-8,19-20H,9H2,1H3. The SMILES string of the molecule is Cc1c(O)ccc2c(CNc3ccc(Cl)cc3)cc(=O)oc12. The van der Waals surface area contributed by atoms with E-state index < -0.39 is 5.63 Å². The van der Waals surface area contributed by atoms with Gasteiger partial charge < -0.3 is 14.8 Å². The number of benzene rings is 2. The zero-order chi connectivity index (χ0) is 15.7. The highest BCUT2D eigenvalue weighted by Gasteiger charge is 2.10. The van der Waals surface area contributed by atoms with Crippen LogP contribution in [0.25, 0.3) is 11.0 Å². The summed E-state index contributed by atoms with van der Waals surface area (Å²) in [6.45, 7) is 2.19. The first-order valence-corrected chi connectivity index (χ1v) is 7.17. The molecule has 0 amide bonds. The van der Waals surface area contributed by atoms with Gasteiger partial charge in [0, 0.05) is 34.3 Å². The van der Waals surface area contributed by atoms with Crippen LogP contribution in [0.3, 0.4) is 0 Å². The van der Waals surface area contributed by atoms with Gasteiger partial charge in [-0.2, -0.15) is 0 Å². The minimum atomic E-state index is -0.436. The fraction of sp³-hybridized carbons (Fsp3) is 0.118. The molecular formula is C17H14ClNO3. The first kappa shape index (κ1) is 14.5. The molecule has 0 bridgehead atoms. The molecule has 2 aromatic carbocycles. The van der Waals surface area contributed by atoms with Crippen LogP contribution >= 0.6 is 11.6 Å². The number of fused-ring (bicyclic) bond motifs is 1. The number of hydrogen-bond acceptors (Lipinski definition) is 4. The lowest BCUT2D eigenvalue weighted by atomic mass is 10.1. The fourth-order valence-corrected chi connectivity index (χ4v) is 2.45. The summed E-state index contributed by atoms with van der Waals surface area (Å²) in [5, 5.41) is 14.5. The summed E-state index contributed by atoms with van der Waals surface area (Å²) in [5.41, 5.74) is 2.25. The highest BCUT2D eigenvalue weighted by Crippen LogP contribution is 2.27. The number of hydrogen-bond donors (Lipinski definition) is 2. The Morgan fingerprint density at radius 2 is 1.91 bits per heavy atom. The van der Waals surface area contributed by atoms with Crippen molar-refractivity contribution in [2.45, 2.75) is 13.5 Å². The Morgan fingerprint density at radius 1 is 1.18 bits per heavy atom. The summed E-state index contributed by atoms with van der Waals surface area (Å²) >= 11 is 5.85. The summed E-state index contributed by atoms with van der Waals surface area (Å²) in [6, 6.07) is 12.1. The van der Waals surface area contributed by atoms with Crippen LogP contribution in [0.2, 0.25) is 5.02 Å². The summed E-state index contributed by atoms with van der Waals surface area (Å²) in [4.78, 5) is 11.7. The van der Waals surface area contributed by atoms with Crippen molar-refractivity contribution in [3.05, 3.63) is 69.0 Å². The van der Waals surface area contributed by atoms with E-state index >= 15 is 0 Å². The lowest BCUT2D eigenvalue weighted by Crippen LogP contribution is -2.06. The molecule has 5 heteroatoms. The van der Waals surface area contributed by atoms with Crippen LogP contribution in [-0.4, -0.2) is 5.11 Å². The van der Waals surface area contributed by atoms with E-state index in [-0.39, 0.29) is 5.75 Å². The largest absolute Gasteiger partial charge is 0.508 e. The Labute approximate surface area is 132 Å². The normalized spacial score (nSPS) is 10.8. The zero-order valence-corrected chi connectivity index (χ0v) is 12.6. The van der Waals surface area contributed by atoms with Crippen molar-refractivity contribution >= 4 is 28.3 Å². The van der Waals surface area contributed by atoms with E-state index in [1.165, 1.54) is 6.07 Å². The molecule has 1 aromatic heterocycles. The van der Waals surface area contributed by atoms with Crippen LogP contribution < -0.4 is 10.9 Å². The molecule has 0 aliphatic rings. The molecule has 0 spiro atoms. The number of phenols is 1. The van der Waals surface area contributed by atoms with Gasteiger partial charge in [-0.3, -0.25) is 0 Å². The van der Waals surface area contributed by atoms with Crippen LogP contribution in [-0.2, 0) is 6.54 Å². The van der Waals surface area contributed by atoms with Gasteiger partial charge in [-0.15, -0.1) is 0 Å². The third-order valence-electron chi connectivity index (χ3n) is 3.55. The van der Waals surface area contributed by atoms with Gasteiger partial charge in [-0.05, 0) is 48.9 Å². The van der Waals surface area contributed by atoms with Crippen LogP contribution in [0, 0.1) is 6.92 Å². The maximum absolute atomic E-state index is 11.7. The van der Waals surface area contributed by atoms with Gasteiger partial charge in [0.25, 0.3) is 0 Å². The number of anilines is 1. The van der Waals surface area contributed by atoms with Gasteiger partial charge >= 0.3 is 5.63 Å². The second-order valence-electron chi connectivity index (χ2n) is 5.04. The second kappa shape index (κ2) is 5.73. The van der Waals surface area contributed by atoms with Crippen molar-refractivity contribution in [2.75, 3.05) is 5.32 Å². The third-order valence-corrected chi connectivity index (χ3v) is 3.80. The third kappa shape index (κ3) is 2.78. The number of phenolic OH excluding ortho intramolecular Hbond substituents is 1. The monoisotopic (exact) mass is 315 g/mol. The van der Waals surface area contributed by atoms with E-state index in [4.69, 9.17) is 16.0 Å². The Bertz CT molecular complexity index is 885. The molecule has 0 fully saturated rings. The Balaban J connectivity index is 1.98. The predicted octanol–water partition coefficient (Wildman–Crippen LogP) is 4.07. The Morgan fingerprint density at radius 3 is 2.64 bits per heavy atom. The number of aryl methyl sites for hydroxylation is 1. The highest BCUT2D eigenvalue weighted by atomic mass is 35.5. The van der Waals surface area contributed by atoms with E-state index in [9.17, 15) is 9.90 Å². The van der Waals surface area contributed by atoms with Gasteiger partial charge in [0.15, 0.2) is 0 Å². The molecule has 0 saturated heterocycles. The van der Waals surface area contributed by atoms with Crippen molar-refractivity contribution in [3.8, 4) is 5.75 Å². The highest BCUT2D eigenvalue weighted by molar-refractivity contribution is 6.30. The topological polar surface area (TPSA) is 62.5 Å². The summed E-state index contributed by atoms with van der Waals surface area (Å²) in [5.74, 6) is 0.110. The van der Waals surface area contributed by atoms with E-state index in [1.807, 2.05) is 12.1 Å². The molecule has 112 valence electrons. The molecule has 3 rings (SSSR count). The summed E-state index contributed by atoms with van der Waals surface area (Å²) < 4.78 is 5.22. The first-order chi connectivity index (χ1) is 10.5. The van der Waals surface area contributed by atoms with Gasteiger partial charge in [0.05, 0.1) is 0 Å². The molecule has 1 heterocycles. The molecule has 0 saturated carbocycles. The minimum Gasteiger partial charge on any atom is -0.508 e. The average molecular weight is 316 g/mol. The summed E-state index contributed by atoms with van der Waals surface area (Å²) in [7, 11) is 0. The van der Waals surface area contributed by atoms with E-state index in [0.29, 0.717) is 22.7 Å². The summed E-state index contributed by atoms with van der Waals surface area (Å²) in [6.07, 6.45) is 0. The molecule has 0 radical (unpaired) electrons. The number of halogens is 1. The smallest absolute Gasteiger partial charge is 0.336 e. The molecule has 0 unspecified atom stereocenters. The Kier molecular flexibility index (Phi) is 3.77. The van der Waals surface area contributed by atoms with Crippen molar-refractivity contribution in [3.63, 3.8) is 0 Å². The van der Waals surface area contributed by atoms with E-state index in [0.717, 1.165) is 16.6 Å².